The molecular formula is C18H14O4. The summed E-state index contributed by atoms with van der Waals surface area (Å²) in [5, 5.41) is 9.49. The SMILES string of the molecule is O=C1C[C@H]2c3ccccc3-c3ccccc3[C@H]2[C@@H](C(=O)O)O1. The number of cyclic esters (lactones) is 1. The van der Waals surface area contributed by atoms with E-state index in [1.807, 2.05) is 48.5 Å². The molecule has 2 aromatic rings. The van der Waals surface area contributed by atoms with E-state index in [9.17, 15) is 14.7 Å². The van der Waals surface area contributed by atoms with Gasteiger partial charge in [-0.15, -0.1) is 0 Å². The minimum atomic E-state index is -1.12. The van der Waals surface area contributed by atoms with Gasteiger partial charge in [-0.3, -0.25) is 4.79 Å². The van der Waals surface area contributed by atoms with Crippen molar-refractivity contribution in [2.75, 3.05) is 0 Å². The highest BCUT2D eigenvalue weighted by molar-refractivity contribution is 5.86. The first-order valence-corrected chi connectivity index (χ1v) is 7.27. The van der Waals surface area contributed by atoms with Crippen LogP contribution in [0.1, 0.15) is 29.4 Å². The summed E-state index contributed by atoms with van der Waals surface area (Å²) in [6.45, 7) is 0. The van der Waals surface area contributed by atoms with Crippen molar-refractivity contribution in [3.8, 4) is 11.1 Å². The Morgan fingerprint density at radius 1 is 1.00 bits per heavy atom. The lowest BCUT2D eigenvalue weighted by Gasteiger charge is -2.40. The molecule has 0 unspecified atom stereocenters. The number of fused-ring (bicyclic) bond motifs is 6. The monoisotopic (exact) mass is 294 g/mol. The van der Waals surface area contributed by atoms with Crippen LogP contribution in [0.15, 0.2) is 48.5 Å². The molecule has 1 fully saturated rings. The number of rotatable bonds is 1. The van der Waals surface area contributed by atoms with Crippen molar-refractivity contribution in [2.24, 2.45) is 0 Å². The van der Waals surface area contributed by atoms with Gasteiger partial charge in [0.05, 0.1) is 6.42 Å². The van der Waals surface area contributed by atoms with Gasteiger partial charge in [0.1, 0.15) is 0 Å². The molecule has 0 bridgehead atoms. The molecule has 1 heterocycles. The Morgan fingerprint density at radius 2 is 1.59 bits per heavy atom. The quantitative estimate of drug-likeness (QED) is 0.821. The van der Waals surface area contributed by atoms with E-state index in [0.29, 0.717) is 0 Å². The first kappa shape index (κ1) is 13.1. The minimum Gasteiger partial charge on any atom is -0.478 e. The van der Waals surface area contributed by atoms with Gasteiger partial charge < -0.3 is 9.84 Å². The van der Waals surface area contributed by atoms with Gasteiger partial charge in [-0.25, -0.2) is 4.79 Å². The molecule has 0 spiro atoms. The van der Waals surface area contributed by atoms with Crippen molar-refractivity contribution in [1.29, 1.82) is 0 Å². The number of carbonyl (C=O) groups is 2. The summed E-state index contributed by atoms with van der Waals surface area (Å²) in [5.41, 5.74) is 4.10. The third kappa shape index (κ3) is 1.77. The van der Waals surface area contributed by atoms with Crippen LogP contribution in [0.2, 0.25) is 0 Å². The van der Waals surface area contributed by atoms with Gasteiger partial charge in [-0.2, -0.15) is 0 Å². The molecule has 0 aromatic heterocycles. The Bertz CT molecular complexity index is 778. The molecular weight excluding hydrogens is 280 g/mol. The molecule has 1 aliphatic carbocycles. The molecule has 0 saturated carbocycles. The predicted octanol–water partition coefficient (Wildman–Crippen LogP) is 2.93. The van der Waals surface area contributed by atoms with Gasteiger partial charge in [-0.1, -0.05) is 48.5 Å². The molecule has 4 rings (SSSR count). The third-order valence-electron chi connectivity index (χ3n) is 4.62. The lowest BCUT2D eigenvalue weighted by atomic mass is 9.67. The van der Waals surface area contributed by atoms with Crippen LogP contribution >= 0.6 is 0 Å². The zero-order chi connectivity index (χ0) is 15.3. The molecule has 1 N–H and O–H groups in total. The number of aliphatic carboxylic acids is 1. The normalized spacial score (nSPS) is 25.5. The number of hydrogen-bond donors (Lipinski definition) is 1. The zero-order valence-corrected chi connectivity index (χ0v) is 11.7. The average molecular weight is 294 g/mol. The number of hydrogen-bond acceptors (Lipinski definition) is 3. The number of carboxylic acid groups (broad SMARTS) is 1. The molecule has 4 nitrogen and oxygen atoms in total. The van der Waals surface area contributed by atoms with E-state index >= 15 is 0 Å². The highest BCUT2D eigenvalue weighted by atomic mass is 16.6. The summed E-state index contributed by atoms with van der Waals surface area (Å²) < 4.78 is 5.15. The zero-order valence-electron chi connectivity index (χ0n) is 11.7. The number of carbonyl (C=O) groups excluding carboxylic acids is 1. The average Bonchev–Trinajstić information content (AvgIpc) is 2.54. The summed E-state index contributed by atoms with van der Waals surface area (Å²) in [6.07, 6.45) is -0.902. The van der Waals surface area contributed by atoms with Crippen molar-refractivity contribution < 1.29 is 19.4 Å². The van der Waals surface area contributed by atoms with Crippen LogP contribution in [0, 0.1) is 0 Å². The van der Waals surface area contributed by atoms with Crippen LogP contribution in [-0.4, -0.2) is 23.1 Å². The van der Waals surface area contributed by atoms with Crippen LogP contribution in [0.5, 0.6) is 0 Å². The minimum absolute atomic E-state index is 0.145. The third-order valence-corrected chi connectivity index (χ3v) is 4.62. The maximum atomic E-state index is 11.9. The van der Waals surface area contributed by atoms with E-state index < -0.39 is 18.0 Å². The number of ether oxygens (including phenoxy) is 1. The van der Waals surface area contributed by atoms with Crippen LogP contribution < -0.4 is 0 Å². The Labute approximate surface area is 127 Å². The van der Waals surface area contributed by atoms with E-state index in [2.05, 4.69) is 0 Å². The molecule has 1 aliphatic heterocycles. The van der Waals surface area contributed by atoms with Crippen LogP contribution in [0.3, 0.4) is 0 Å². The molecule has 0 radical (unpaired) electrons. The van der Waals surface area contributed by atoms with Gasteiger partial charge in [0.15, 0.2) is 0 Å². The van der Waals surface area contributed by atoms with E-state index in [0.717, 1.165) is 22.3 Å². The van der Waals surface area contributed by atoms with Crippen molar-refractivity contribution in [3.63, 3.8) is 0 Å². The molecule has 110 valence electrons. The predicted molar refractivity (Wildman–Crippen MR) is 79.5 cm³/mol. The maximum Gasteiger partial charge on any atom is 0.345 e. The molecule has 2 aliphatic rings. The Kier molecular flexibility index (Phi) is 2.79. The summed E-state index contributed by atoms with van der Waals surface area (Å²) in [6, 6.07) is 15.7. The maximum absolute atomic E-state index is 11.9. The fourth-order valence-corrected chi connectivity index (χ4v) is 3.77. The topological polar surface area (TPSA) is 63.6 Å². The lowest BCUT2D eigenvalue weighted by Crippen LogP contribution is -2.42. The van der Waals surface area contributed by atoms with Crippen molar-refractivity contribution in [3.05, 3.63) is 59.7 Å². The summed E-state index contributed by atoms with van der Waals surface area (Å²) in [4.78, 5) is 23.5. The van der Waals surface area contributed by atoms with E-state index in [4.69, 9.17) is 4.74 Å². The van der Waals surface area contributed by atoms with E-state index in [1.54, 1.807) is 0 Å². The second kappa shape index (κ2) is 4.70. The van der Waals surface area contributed by atoms with Gasteiger partial charge in [-0.05, 0) is 22.3 Å². The summed E-state index contributed by atoms with van der Waals surface area (Å²) in [5.74, 6) is -2.00. The Balaban J connectivity index is 1.98. The van der Waals surface area contributed by atoms with Crippen molar-refractivity contribution in [1.82, 2.24) is 0 Å². The largest absolute Gasteiger partial charge is 0.478 e. The van der Waals surface area contributed by atoms with Gasteiger partial charge >= 0.3 is 11.9 Å². The summed E-state index contributed by atoms with van der Waals surface area (Å²) in [7, 11) is 0. The van der Waals surface area contributed by atoms with Crippen LogP contribution in [0.4, 0.5) is 0 Å². The fraction of sp³-hybridized carbons (Fsp3) is 0.222. The van der Waals surface area contributed by atoms with E-state index in [1.165, 1.54) is 0 Å². The first-order valence-electron chi connectivity index (χ1n) is 7.27. The number of carboxylic acids is 1. The smallest absolute Gasteiger partial charge is 0.345 e. The van der Waals surface area contributed by atoms with Crippen LogP contribution in [-0.2, 0) is 14.3 Å². The molecule has 1 saturated heterocycles. The second-order valence-electron chi connectivity index (χ2n) is 5.76. The molecule has 0 amide bonds. The highest BCUT2D eigenvalue weighted by Crippen LogP contribution is 2.52. The lowest BCUT2D eigenvalue weighted by molar-refractivity contribution is -0.171. The number of benzene rings is 2. The van der Waals surface area contributed by atoms with Gasteiger partial charge in [0.25, 0.3) is 0 Å². The Morgan fingerprint density at radius 3 is 2.27 bits per heavy atom. The standard InChI is InChI=1S/C18H14O4/c19-15-9-14-12-7-2-1-5-10(12)11-6-3-4-8-13(11)16(14)17(22-15)18(20)21/h1-8,14,16-17H,9H2,(H,20,21)/t14-,16+,17-/m0/s1. The van der Waals surface area contributed by atoms with Crippen LogP contribution in [0.25, 0.3) is 11.1 Å². The molecule has 22 heavy (non-hydrogen) atoms. The van der Waals surface area contributed by atoms with E-state index in [-0.39, 0.29) is 18.3 Å². The summed E-state index contributed by atoms with van der Waals surface area (Å²) >= 11 is 0. The fourth-order valence-electron chi connectivity index (χ4n) is 3.77. The second-order valence-corrected chi connectivity index (χ2v) is 5.76. The van der Waals surface area contributed by atoms with Crippen molar-refractivity contribution in [2.45, 2.75) is 24.4 Å². The first-order chi connectivity index (χ1) is 10.7. The Hall–Kier alpha value is -2.62. The highest BCUT2D eigenvalue weighted by Gasteiger charge is 2.47. The van der Waals surface area contributed by atoms with Gasteiger partial charge in [0, 0.05) is 11.8 Å². The van der Waals surface area contributed by atoms with Crippen molar-refractivity contribution >= 4 is 11.9 Å². The number of esters is 1. The molecule has 4 heteroatoms. The molecule has 2 aromatic carbocycles. The molecule has 3 atom stereocenters. The van der Waals surface area contributed by atoms with Gasteiger partial charge in [0.2, 0.25) is 6.10 Å².